The number of thioether (sulfide) groups is 2. The third-order valence-electron chi connectivity index (χ3n) is 16.1. The van der Waals surface area contributed by atoms with Gasteiger partial charge in [0.1, 0.15) is 53.4 Å². The van der Waals surface area contributed by atoms with Crippen LogP contribution in [-0.2, 0) is 78.7 Å². The van der Waals surface area contributed by atoms with Crippen molar-refractivity contribution >= 4 is 93.6 Å². The van der Waals surface area contributed by atoms with Crippen molar-refractivity contribution in [3.05, 3.63) is 119 Å². The minimum absolute atomic E-state index is 0.0535. The van der Waals surface area contributed by atoms with Gasteiger partial charge in [-0.1, -0.05) is 49.7 Å². The summed E-state index contributed by atoms with van der Waals surface area (Å²) in [6.07, 6.45) is 5.55. The topological polar surface area (TPSA) is 407 Å². The number of aryl methyl sites for hydroxylation is 1. The van der Waals surface area contributed by atoms with Crippen molar-refractivity contribution in [3.8, 4) is 5.75 Å². The van der Waals surface area contributed by atoms with Crippen LogP contribution in [0.25, 0.3) is 10.9 Å². The minimum atomic E-state index is -1.89. The van der Waals surface area contributed by atoms with E-state index in [2.05, 4.69) is 63.6 Å². The number of phenolic OH excluding ortho intramolecular Hbond substituents is 1. The van der Waals surface area contributed by atoms with Gasteiger partial charge in [0, 0.05) is 65.6 Å². The highest BCUT2D eigenvalue weighted by Gasteiger charge is 2.48. The Morgan fingerprint density at radius 2 is 1.47 bits per heavy atom. The first kappa shape index (κ1) is 70.9. The summed E-state index contributed by atoms with van der Waals surface area (Å²) in [6.45, 7) is 3.48. The predicted molar refractivity (Wildman–Crippen MR) is 344 cm³/mol. The van der Waals surface area contributed by atoms with Gasteiger partial charge < -0.3 is 79.1 Å². The highest BCUT2D eigenvalue weighted by atomic mass is 32.2. The normalized spacial score (nSPS) is 23.8. The highest BCUT2D eigenvalue weighted by molar-refractivity contribution is 7.98. The lowest BCUT2D eigenvalue weighted by Crippen LogP contribution is -2.63. The molecular weight excluding hydrogens is 1230 g/mol. The molecule has 92 heavy (non-hydrogen) atoms. The van der Waals surface area contributed by atoms with E-state index in [1.165, 1.54) is 66.4 Å². The van der Waals surface area contributed by atoms with Crippen molar-refractivity contribution in [1.82, 2.24) is 62.4 Å². The number of hydrogen-bond donors (Lipinski definition) is 14. The number of nitrogens with two attached hydrogens (primary N) is 2. The lowest BCUT2D eigenvalue weighted by atomic mass is 9.95. The lowest BCUT2D eigenvalue weighted by Gasteiger charge is -2.37. The number of primary amides is 1. The fourth-order valence-corrected chi connectivity index (χ4v) is 13.0. The molecule has 2 bridgehead atoms. The van der Waals surface area contributed by atoms with Crippen molar-refractivity contribution in [2.45, 2.75) is 150 Å². The number of aliphatic carboxylic acids is 1. The second kappa shape index (κ2) is 34.8. The number of halogens is 1. The van der Waals surface area contributed by atoms with Crippen LogP contribution in [-0.4, -0.2) is 175 Å². The number of phenols is 1. The van der Waals surface area contributed by atoms with E-state index in [0.29, 0.717) is 84.4 Å². The van der Waals surface area contributed by atoms with E-state index >= 15 is 4.79 Å². The molecule has 16 N–H and O–H groups in total. The summed E-state index contributed by atoms with van der Waals surface area (Å²) in [7, 11) is 0. The molecule has 29 heteroatoms. The van der Waals surface area contributed by atoms with Crippen molar-refractivity contribution < 1.29 is 62.5 Å². The predicted octanol–water partition coefficient (Wildman–Crippen LogP) is 1.59. The monoisotopic (exact) mass is 1310 g/mol. The number of benzene rings is 3. The molecule has 0 aliphatic carbocycles. The molecule has 0 saturated carbocycles. The van der Waals surface area contributed by atoms with E-state index in [1.807, 2.05) is 18.2 Å². The number of aromatic hydroxyl groups is 1. The molecule has 26 nitrogen and oxygen atoms in total. The molecule has 1 saturated heterocycles. The number of rotatable bonds is 15. The summed E-state index contributed by atoms with van der Waals surface area (Å²) in [5, 5.41) is 42.8. The average molecular weight is 1310 g/mol. The quantitative estimate of drug-likeness (QED) is 0.0662. The van der Waals surface area contributed by atoms with Crippen LogP contribution >= 0.6 is 23.5 Å². The summed E-state index contributed by atoms with van der Waals surface area (Å²) < 4.78 is 14.5. The fourth-order valence-electron chi connectivity index (χ4n) is 11.0. The number of carbonyl (C=O) groups excluding carboxylic acids is 9. The van der Waals surface area contributed by atoms with Crippen LogP contribution in [0.4, 0.5) is 4.39 Å². The standard InChI is InChI=1S/C63H83FN14O12S2/c1-3-45-57(85)75-50(29-54(81)82)60(88)74-49(28-42-31-67-36-71-42)59(87)76-51(26-37-10-7-13-43(79)25-37)61(89)78-22-8-19-63(78,2)62(90)77-52(55(66)83)35-92-34-39-12-6-11-38(24-39)33-91-23-9-21-68-47(14-4-5-20-65)56(84)70-32-53(80)72-48(58(86)73-45)17-15-40-30-69-46-18-16-41(64)27-44(40)46/h6-7,10-13,16,18,24-25,27,30-31,36,45,47-52,68-69,79H,3-5,8-9,14-15,17,19-23,26,28-29,32-35,65H2,1-2H3,(H2,66,83)(H,67,71)(H,70,84)(H,72,80)(H,73,86)(H,74,88)(H,75,85)(H,76,87)(H,77,90)(H,81,82)/t45-,47-,48-,49-,50-,51-,52-,63-/m0/s1. The number of H-pyrrole nitrogens is 2. The van der Waals surface area contributed by atoms with Gasteiger partial charge in [0.25, 0.3) is 0 Å². The van der Waals surface area contributed by atoms with Crippen LogP contribution in [0.5, 0.6) is 5.75 Å². The number of nitrogens with zero attached hydrogens (tertiary/aromatic N) is 2. The summed E-state index contributed by atoms with van der Waals surface area (Å²) in [6, 6.07) is 8.41. The molecule has 0 radical (unpaired) electrons. The average Bonchev–Trinajstić information content (AvgIpc) is 1.58. The molecule has 2 aliphatic heterocycles. The van der Waals surface area contributed by atoms with Gasteiger partial charge >= 0.3 is 5.97 Å². The van der Waals surface area contributed by atoms with E-state index in [9.17, 15) is 57.8 Å². The van der Waals surface area contributed by atoms with Gasteiger partial charge in [0.15, 0.2) is 0 Å². The van der Waals surface area contributed by atoms with Crippen molar-refractivity contribution in [3.63, 3.8) is 0 Å². The number of nitrogens with one attached hydrogen (secondary N) is 10. The molecule has 0 unspecified atom stereocenters. The second-order valence-electron chi connectivity index (χ2n) is 23.1. The molecule has 7 rings (SSSR count). The van der Waals surface area contributed by atoms with E-state index in [-0.39, 0.29) is 56.6 Å². The second-order valence-corrected chi connectivity index (χ2v) is 25.2. The largest absolute Gasteiger partial charge is 0.508 e. The van der Waals surface area contributed by atoms with Crippen LogP contribution in [0.3, 0.4) is 0 Å². The number of carboxylic acids is 1. The molecule has 2 aliphatic rings. The first-order valence-electron chi connectivity index (χ1n) is 30.7. The highest BCUT2D eigenvalue weighted by Crippen LogP contribution is 2.31. The Kier molecular flexibility index (Phi) is 26.8. The summed E-state index contributed by atoms with van der Waals surface area (Å²) in [4.78, 5) is 152. The van der Waals surface area contributed by atoms with Crippen molar-refractivity contribution in [2.75, 3.05) is 37.7 Å². The third-order valence-corrected chi connectivity index (χ3v) is 18.3. The van der Waals surface area contributed by atoms with Crippen molar-refractivity contribution in [2.24, 2.45) is 11.5 Å². The lowest BCUT2D eigenvalue weighted by molar-refractivity contribution is -0.147. The number of unbranched alkanes of at least 4 members (excludes halogenated alkanes) is 1. The zero-order chi connectivity index (χ0) is 66.3. The Morgan fingerprint density at radius 3 is 2.18 bits per heavy atom. The number of hydrogen-bond acceptors (Lipinski definition) is 16. The van der Waals surface area contributed by atoms with E-state index in [1.54, 1.807) is 37.0 Å². The van der Waals surface area contributed by atoms with Gasteiger partial charge in [-0.2, -0.15) is 23.5 Å². The molecule has 5 aromatic rings. The summed E-state index contributed by atoms with van der Waals surface area (Å²) >= 11 is 3.08. The van der Waals surface area contributed by atoms with Gasteiger partial charge in [-0.25, -0.2) is 9.37 Å². The Balaban J connectivity index is 1.18. The summed E-state index contributed by atoms with van der Waals surface area (Å²) in [5.41, 5.74) is 14.0. The Bertz CT molecular complexity index is 3390. The Morgan fingerprint density at radius 1 is 0.761 bits per heavy atom. The maximum atomic E-state index is 15.1. The zero-order valence-corrected chi connectivity index (χ0v) is 53.1. The van der Waals surface area contributed by atoms with Gasteiger partial charge in [-0.3, -0.25) is 47.9 Å². The SMILES string of the molecule is CC[C@@H]1NC(=O)[C@H](CCc2c[nH]c3ccc(F)cc23)NC(=O)CNC(=O)[C@H](CCCCN)NCCCSCc2cccc(c2)CSC[C@@H](C(N)=O)NC(=O)[C@]2(C)CCCN2C(=O)[C@H](Cc2cccc(O)c2)NC(=O)[C@H](Cc2cnc[nH]2)NC(=O)[C@H](CC(=O)O)NC1=O. The molecular formula is C63H83FN14O12S2. The number of aromatic amines is 2. The maximum Gasteiger partial charge on any atom is 0.305 e. The number of carboxylic acid groups (broad SMARTS) is 1. The molecule has 8 atom stereocenters. The molecule has 1 fully saturated rings. The van der Waals surface area contributed by atoms with E-state index in [0.717, 1.165) is 16.9 Å². The fraction of sp³-hybridized carbons (Fsp3) is 0.476. The molecule has 496 valence electrons. The molecule has 2 aromatic heterocycles. The maximum absolute atomic E-state index is 15.1. The van der Waals surface area contributed by atoms with Gasteiger partial charge in [0.2, 0.25) is 53.2 Å². The van der Waals surface area contributed by atoms with Gasteiger partial charge in [0.05, 0.1) is 25.3 Å². The van der Waals surface area contributed by atoms with Crippen molar-refractivity contribution in [1.29, 1.82) is 0 Å². The first-order valence-corrected chi connectivity index (χ1v) is 33.0. The molecule has 9 amide bonds. The zero-order valence-electron chi connectivity index (χ0n) is 51.5. The Labute approximate surface area is 540 Å². The van der Waals surface area contributed by atoms with E-state index in [4.69, 9.17) is 11.5 Å². The van der Waals surface area contributed by atoms with Crippen LogP contribution in [0.15, 0.2) is 85.5 Å². The number of carbonyl (C=O) groups is 10. The number of imidazole rings is 1. The van der Waals surface area contributed by atoms with Gasteiger partial charge in [-0.05, 0) is 130 Å². The number of aromatic nitrogens is 3. The number of amides is 9. The molecule has 0 spiro atoms. The first-order chi connectivity index (χ1) is 44.1. The van der Waals surface area contributed by atoms with Crippen LogP contribution in [0.2, 0.25) is 0 Å². The van der Waals surface area contributed by atoms with Crippen LogP contribution < -0.4 is 54.0 Å². The van der Waals surface area contributed by atoms with Crippen LogP contribution in [0, 0.1) is 5.82 Å². The third kappa shape index (κ3) is 20.7. The van der Waals surface area contributed by atoms with Gasteiger partial charge in [-0.15, -0.1) is 0 Å². The van der Waals surface area contributed by atoms with E-state index < -0.39 is 126 Å². The Hall–Kier alpha value is -8.54. The number of fused-ring (bicyclic) bond motifs is 4. The molecule has 3 aromatic carbocycles. The smallest absolute Gasteiger partial charge is 0.305 e. The molecule has 4 heterocycles. The minimum Gasteiger partial charge on any atom is -0.508 e. The van der Waals surface area contributed by atoms with Crippen LogP contribution in [0.1, 0.15) is 99.6 Å². The summed E-state index contributed by atoms with van der Waals surface area (Å²) in [5.74, 6) is -7.61.